The molecule has 0 aromatic heterocycles. The van der Waals surface area contributed by atoms with Crippen LogP contribution >= 0.6 is 12.4 Å². The van der Waals surface area contributed by atoms with Crippen molar-refractivity contribution in [1.29, 1.82) is 0 Å². The molecule has 4 heteroatoms. The second kappa shape index (κ2) is 5.37. The van der Waals surface area contributed by atoms with Crippen molar-refractivity contribution in [1.82, 2.24) is 10.6 Å². The Morgan fingerprint density at radius 1 is 1.50 bits per heavy atom. The van der Waals surface area contributed by atoms with E-state index in [0.717, 1.165) is 44.6 Å². The zero-order chi connectivity index (χ0) is 10.9. The number of halogens is 1. The Labute approximate surface area is 104 Å². The number of carbonyl (C=O) groups is 1. The lowest BCUT2D eigenvalue weighted by Crippen LogP contribution is -2.57. The first-order chi connectivity index (χ1) is 7.16. The van der Waals surface area contributed by atoms with Crippen LogP contribution in [0.15, 0.2) is 0 Å². The summed E-state index contributed by atoms with van der Waals surface area (Å²) in [5.74, 6) is 1.03. The highest BCUT2D eigenvalue weighted by molar-refractivity contribution is 5.87. The summed E-state index contributed by atoms with van der Waals surface area (Å²) in [6, 6.07) is 0.443. The van der Waals surface area contributed by atoms with Crippen LogP contribution < -0.4 is 10.6 Å². The largest absolute Gasteiger partial charge is 0.352 e. The van der Waals surface area contributed by atoms with Crippen LogP contribution in [0.3, 0.4) is 0 Å². The number of amides is 1. The van der Waals surface area contributed by atoms with Gasteiger partial charge >= 0.3 is 0 Å². The SMILES string of the molecule is CCC1(C(=O)NC2CC(C)C2)CCCN1.Cl. The van der Waals surface area contributed by atoms with Crippen molar-refractivity contribution in [2.75, 3.05) is 6.54 Å². The van der Waals surface area contributed by atoms with Crippen molar-refractivity contribution in [3.05, 3.63) is 0 Å². The van der Waals surface area contributed by atoms with Crippen LogP contribution in [0.1, 0.15) is 46.0 Å². The Balaban J connectivity index is 0.00000128. The van der Waals surface area contributed by atoms with E-state index in [1.165, 1.54) is 0 Å². The zero-order valence-electron chi connectivity index (χ0n) is 10.2. The van der Waals surface area contributed by atoms with E-state index in [-0.39, 0.29) is 23.9 Å². The standard InChI is InChI=1S/C12H22N2O.ClH/c1-3-12(5-4-6-13-12)11(15)14-10-7-9(2)8-10;/h9-10,13H,3-8H2,1-2H3,(H,14,15);1H. The van der Waals surface area contributed by atoms with Gasteiger partial charge in [0.05, 0.1) is 5.54 Å². The maximum absolute atomic E-state index is 12.1. The molecule has 0 spiro atoms. The Kier molecular flexibility index (Phi) is 4.62. The number of carbonyl (C=O) groups excluding carboxylic acids is 1. The third-order valence-electron chi connectivity index (χ3n) is 3.99. The minimum absolute atomic E-state index is 0. The van der Waals surface area contributed by atoms with Gasteiger partial charge in [-0.2, -0.15) is 0 Å². The molecule has 0 radical (unpaired) electrons. The third-order valence-corrected chi connectivity index (χ3v) is 3.99. The Hall–Kier alpha value is -0.280. The first-order valence-corrected chi connectivity index (χ1v) is 6.22. The molecule has 2 rings (SSSR count). The first kappa shape index (κ1) is 13.8. The van der Waals surface area contributed by atoms with E-state index in [1.54, 1.807) is 0 Å². The summed E-state index contributed by atoms with van der Waals surface area (Å²) in [6.45, 7) is 5.33. The summed E-state index contributed by atoms with van der Waals surface area (Å²) in [6.07, 6.45) is 5.35. The molecule has 0 aromatic carbocycles. The fraction of sp³-hybridized carbons (Fsp3) is 0.917. The predicted octanol–water partition coefficient (Wildman–Crippen LogP) is 1.86. The molecule has 1 unspecified atom stereocenters. The van der Waals surface area contributed by atoms with Crippen LogP contribution in [0, 0.1) is 5.92 Å². The predicted molar refractivity (Wildman–Crippen MR) is 67.8 cm³/mol. The van der Waals surface area contributed by atoms with Gasteiger partial charge < -0.3 is 10.6 Å². The van der Waals surface area contributed by atoms with E-state index in [9.17, 15) is 4.79 Å². The number of hydrogen-bond acceptors (Lipinski definition) is 2. The summed E-state index contributed by atoms with van der Waals surface area (Å²) < 4.78 is 0. The van der Waals surface area contributed by atoms with Gasteiger partial charge in [-0.1, -0.05) is 13.8 Å². The molecule has 1 atom stereocenters. The number of nitrogens with one attached hydrogen (secondary N) is 2. The normalized spacial score (nSPS) is 37.4. The van der Waals surface area contributed by atoms with E-state index in [4.69, 9.17) is 0 Å². The van der Waals surface area contributed by atoms with Crippen LogP contribution in [-0.2, 0) is 4.79 Å². The molecule has 0 aromatic rings. The summed E-state index contributed by atoms with van der Waals surface area (Å²) in [7, 11) is 0. The van der Waals surface area contributed by atoms with Crippen LogP contribution in [0.2, 0.25) is 0 Å². The summed E-state index contributed by atoms with van der Waals surface area (Å²) in [5.41, 5.74) is -0.251. The molecule has 1 saturated heterocycles. The lowest BCUT2D eigenvalue weighted by molar-refractivity contribution is -0.128. The van der Waals surface area contributed by atoms with E-state index in [2.05, 4.69) is 24.5 Å². The molecule has 1 amide bonds. The zero-order valence-corrected chi connectivity index (χ0v) is 11.0. The third kappa shape index (κ3) is 2.51. The highest BCUT2D eigenvalue weighted by Crippen LogP contribution is 2.28. The van der Waals surface area contributed by atoms with Gasteiger partial charge in [-0.15, -0.1) is 12.4 Å². The van der Waals surface area contributed by atoms with Crippen molar-refractivity contribution in [2.24, 2.45) is 5.92 Å². The maximum atomic E-state index is 12.1. The molecular formula is C12H23ClN2O. The minimum atomic E-state index is -0.251. The molecule has 1 heterocycles. The second-order valence-corrected chi connectivity index (χ2v) is 5.21. The van der Waals surface area contributed by atoms with Crippen molar-refractivity contribution < 1.29 is 4.79 Å². The smallest absolute Gasteiger partial charge is 0.240 e. The van der Waals surface area contributed by atoms with E-state index in [0.29, 0.717) is 6.04 Å². The average Bonchev–Trinajstić information content (AvgIpc) is 2.64. The van der Waals surface area contributed by atoms with Gasteiger partial charge in [0.15, 0.2) is 0 Å². The lowest BCUT2D eigenvalue weighted by atomic mass is 9.81. The highest BCUT2D eigenvalue weighted by Gasteiger charge is 2.40. The van der Waals surface area contributed by atoms with Gasteiger partial charge in [-0.3, -0.25) is 4.79 Å². The second-order valence-electron chi connectivity index (χ2n) is 5.21. The molecule has 0 bridgehead atoms. The Bertz CT molecular complexity index is 245. The molecule has 1 aliphatic heterocycles. The van der Waals surface area contributed by atoms with Gasteiger partial charge in [0.2, 0.25) is 5.91 Å². The summed E-state index contributed by atoms with van der Waals surface area (Å²) in [5, 5.41) is 6.55. The first-order valence-electron chi connectivity index (χ1n) is 6.22. The molecule has 2 aliphatic rings. The minimum Gasteiger partial charge on any atom is -0.352 e. The Morgan fingerprint density at radius 2 is 2.19 bits per heavy atom. The van der Waals surface area contributed by atoms with Crippen molar-refractivity contribution >= 4 is 18.3 Å². The van der Waals surface area contributed by atoms with Crippen LogP contribution in [-0.4, -0.2) is 24.0 Å². The average molecular weight is 247 g/mol. The molecule has 94 valence electrons. The quantitative estimate of drug-likeness (QED) is 0.798. The van der Waals surface area contributed by atoms with Gasteiger partial charge in [0.1, 0.15) is 0 Å². The summed E-state index contributed by atoms with van der Waals surface area (Å²) >= 11 is 0. The molecule has 3 nitrogen and oxygen atoms in total. The van der Waals surface area contributed by atoms with Gasteiger partial charge in [0, 0.05) is 6.04 Å². The number of rotatable bonds is 3. The van der Waals surface area contributed by atoms with Crippen molar-refractivity contribution in [3.63, 3.8) is 0 Å². The topological polar surface area (TPSA) is 41.1 Å². The fourth-order valence-corrected chi connectivity index (χ4v) is 2.81. The van der Waals surface area contributed by atoms with Gasteiger partial charge in [0.25, 0.3) is 0 Å². The molecule has 2 N–H and O–H groups in total. The fourth-order valence-electron chi connectivity index (χ4n) is 2.81. The van der Waals surface area contributed by atoms with Crippen LogP contribution in [0.5, 0.6) is 0 Å². The Morgan fingerprint density at radius 3 is 2.62 bits per heavy atom. The molecule has 2 fully saturated rings. The lowest BCUT2D eigenvalue weighted by Gasteiger charge is -2.36. The van der Waals surface area contributed by atoms with Crippen molar-refractivity contribution in [2.45, 2.75) is 57.5 Å². The molecule has 1 aliphatic carbocycles. The van der Waals surface area contributed by atoms with Gasteiger partial charge in [-0.25, -0.2) is 0 Å². The van der Waals surface area contributed by atoms with Crippen LogP contribution in [0.4, 0.5) is 0 Å². The monoisotopic (exact) mass is 246 g/mol. The summed E-state index contributed by atoms with van der Waals surface area (Å²) in [4.78, 5) is 12.1. The molecular weight excluding hydrogens is 224 g/mol. The van der Waals surface area contributed by atoms with E-state index < -0.39 is 0 Å². The molecule has 1 saturated carbocycles. The number of hydrogen-bond donors (Lipinski definition) is 2. The van der Waals surface area contributed by atoms with Gasteiger partial charge in [-0.05, 0) is 44.6 Å². The highest BCUT2D eigenvalue weighted by atomic mass is 35.5. The molecule has 16 heavy (non-hydrogen) atoms. The van der Waals surface area contributed by atoms with Crippen molar-refractivity contribution in [3.8, 4) is 0 Å². The maximum Gasteiger partial charge on any atom is 0.240 e. The van der Waals surface area contributed by atoms with E-state index >= 15 is 0 Å². The van der Waals surface area contributed by atoms with E-state index in [1.807, 2.05) is 0 Å². The van der Waals surface area contributed by atoms with Crippen LogP contribution in [0.25, 0.3) is 0 Å².